The summed E-state index contributed by atoms with van der Waals surface area (Å²) in [5.74, 6) is 0.949. The minimum Gasteiger partial charge on any atom is -0.497 e. The lowest BCUT2D eigenvalue weighted by Gasteiger charge is -2.25. The van der Waals surface area contributed by atoms with E-state index in [2.05, 4.69) is 51.1 Å². The molecule has 1 atom stereocenters. The quantitative estimate of drug-likeness (QED) is 0.299. The first-order chi connectivity index (χ1) is 20.0. The Balaban J connectivity index is 1.76. The zero-order chi connectivity index (χ0) is 30.4. The highest BCUT2D eigenvalue weighted by Gasteiger charge is 2.31. The van der Waals surface area contributed by atoms with Gasteiger partial charge in [0.1, 0.15) is 11.5 Å². The second-order valence-corrected chi connectivity index (χ2v) is 11.5. The van der Waals surface area contributed by atoms with Gasteiger partial charge in [0.15, 0.2) is 0 Å². The third-order valence-electron chi connectivity index (χ3n) is 7.65. The molecule has 4 rings (SSSR count). The number of carboxylic acid groups (broad SMARTS) is 1. The van der Waals surface area contributed by atoms with Crippen LogP contribution in [0.4, 0.5) is 0 Å². The van der Waals surface area contributed by atoms with E-state index in [1.807, 2.05) is 35.2 Å². The lowest BCUT2D eigenvalue weighted by Crippen LogP contribution is -2.31. The largest absolute Gasteiger partial charge is 0.497 e. The number of hydrogen-bond donors (Lipinski definition) is 1. The number of carboxylic acids is 1. The minimum absolute atomic E-state index is 0.00174. The highest BCUT2D eigenvalue weighted by molar-refractivity contribution is 5.83. The second-order valence-electron chi connectivity index (χ2n) is 11.5. The highest BCUT2D eigenvalue weighted by Crippen LogP contribution is 2.34. The lowest BCUT2D eigenvalue weighted by molar-refractivity contribution is -0.137. The number of carbonyl (C=O) groups excluding carboxylic acids is 1. The third-order valence-corrected chi connectivity index (χ3v) is 7.65. The number of amides is 1. The Morgan fingerprint density at radius 1 is 1.00 bits per heavy atom. The maximum absolute atomic E-state index is 13.1. The third kappa shape index (κ3) is 7.11. The fourth-order valence-electron chi connectivity index (χ4n) is 5.20. The highest BCUT2D eigenvalue weighted by atomic mass is 16.5. The molecule has 1 fully saturated rings. The summed E-state index contributed by atoms with van der Waals surface area (Å²) in [4.78, 5) is 31.0. The summed E-state index contributed by atoms with van der Waals surface area (Å²) in [6, 6.07) is 17.7. The van der Waals surface area contributed by atoms with E-state index in [4.69, 9.17) is 24.3 Å². The van der Waals surface area contributed by atoms with E-state index >= 15 is 0 Å². The molecule has 0 saturated carbocycles. The molecule has 1 N–H and O–H groups in total. The molecular formula is C34H40N2O6. The monoisotopic (exact) mass is 572 g/mol. The predicted molar refractivity (Wildman–Crippen MR) is 162 cm³/mol. The van der Waals surface area contributed by atoms with Crippen LogP contribution < -0.4 is 14.2 Å². The van der Waals surface area contributed by atoms with Gasteiger partial charge in [-0.05, 0) is 47.6 Å². The summed E-state index contributed by atoms with van der Waals surface area (Å²) < 4.78 is 16.5. The Labute approximate surface area is 247 Å². The number of ether oxygens (including phenoxy) is 3. The van der Waals surface area contributed by atoms with Crippen molar-refractivity contribution in [2.24, 2.45) is 0 Å². The molecule has 1 aromatic heterocycles. The van der Waals surface area contributed by atoms with Crippen molar-refractivity contribution in [1.82, 2.24) is 9.88 Å². The standard InChI is InChI=1S/C34H40N2O6/c1-34(2,3)25-12-7-22(8-13-25)28(29-16-10-23(11-18-32(38)39)33(35-29)42-6)19-26-14-17-31(37)36(26)21-24-9-15-27(40-4)20-30(24)41-5/h7-10,12-13,15-16,19-20,26H,11,14,17-18,21H2,1-6H3,(H,38,39)/b28-19-/t26-/m1/s1. The van der Waals surface area contributed by atoms with Crippen molar-refractivity contribution in [2.45, 2.75) is 64.5 Å². The van der Waals surface area contributed by atoms with Gasteiger partial charge in [-0.25, -0.2) is 4.98 Å². The molecule has 1 aliphatic rings. The van der Waals surface area contributed by atoms with Gasteiger partial charge in [0.05, 0.1) is 33.1 Å². The molecule has 1 aliphatic heterocycles. The molecule has 0 bridgehead atoms. The van der Waals surface area contributed by atoms with Crippen LogP contribution in [0.5, 0.6) is 17.4 Å². The van der Waals surface area contributed by atoms with Crippen molar-refractivity contribution < 1.29 is 28.9 Å². The van der Waals surface area contributed by atoms with Crippen LogP contribution in [-0.4, -0.2) is 54.2 Å². The molecule has 3 aromatic rings. The number of pyridine rings is 1. The Bertz CT molecular complexity index is 1460. The predicted octanol–water partition coefficient (Wildman–Crippen LogP) is 6.05. The minimum atomic E-state index is -0.875. The van der Waals surface area contributed by atoms with Crippen LogP contribution in [0.3, 0.4) is 0 Å². The summed E-state index contributed by atoms with van der Waals surface area (Å²) >= 11 is 0. The topological polar surface area (TPSA) is 98.2 Å². The van der Waals surface area contributed by atoms with E-state index in [1.165, 1.54) is 12.7 Å². The molecule has 2 aromatic carbocycles. The first kappa shape index (κ1) is 30.6. The number of carbonyl (C=O) groups is 2. The Morgan fingerprint density at radius 2 is 1.71 bits per heavy atom. The summed E-state index contributed by atoms with van der Waals surface area (Å²) in [5.41, 5.74) is 5.38. The van der Waals surface area contributed by atoms with Crippen molar-refractivity contribution >= 4 is 17.4 Å². The van der Waals surface area contributed by atoms with Crippen molar-refractivity contribution in [3.8, 4) is 17.4 Å². The average Bonchev–Trinajstić information content (AvgIpc) is 3.32. The van der Waals surface area contributed by atoms with Gasteiger partial charge in [-0.15, -0.1) is 0 Å². The fourth-order valence-corrected chi connectivity index (χ4v) is 5.20. The fraction of sp³-hybridized carbons (Fsp3) is 0.382. The second kappa shape index (κ2) is 13.1. The number of aliphatic carboxylic acids is 1. The molecule has 0 aliphatic carbocycles. The Hall–Kier alpha value is -4.33. The molecular weight excluding hydrogens is 532 g/mol. The Kier molecular flexibility index (Phi) is 9.55. The Morgan fingerprint density at radius 3 is 2.33 bits per heavy atom. The summed E-state index contributed by atoms with van der Waals surface area (Å²) in [5, 5.41) is 9.16. The molecule has 42 heavy (non-hydrogen) atoms. The van der Waals surface area contributed by atoms with Crippen LogP contribution in [0.15, 0.2) is 60.7 Å². The molecule has 0 spiro atoms. The molecule has 222 valence electrons. The number of aryl methyl sites for hydroxylation is 1. The number of aromatic nitrogens is 1. The maximum Gasteiger partial charge on any atom is 0.303 e. The van der Waals surface area contributed by atoms with E-state index in [-0.39, 0.29) is 23.8 Å². The van der Waals surface area contributed by atoms with Crippen LogP contribution in [-0.2, 0) is 28.0 Å². The van der Waals surface area contributed by atoms with Gasteiger partial charge in [0, 0.05) is 42.2 Å². The van der Waals surface area contributed by atoms with Crippen LogP contribution in [0.2, 0.25) is 0 Å². The molecule has 8 heteroatoms. The summed E-state index contributed by atoms with van der Waals surface area (Å²) in [6.45, 7) is 6.93. The van der Waals surface area contributed by atoms with Crippen molar-refractivity contribution in [1.29, 1.82) is 0 Å². The zero-order valence-electron chi connectivity index (χ0n) is 25.3. The van der Waals surface area contributed by atoms with Gasteiger partial charge in [0.25, 0.3) is 0 Å². The zero-order valence-corrected chi connectivity index (χ0v) is 25.3. The molecule has 0 unspecified atom stereocenters. The van der Waals surface area contributed by atoms with Crippen LogP contribution >= 0.6 is 0 Å². The van der Waals surface area contributed by atoms with Crippen molar-refractivity contribution in [2.75, 3.05) is 21.3 Å². The van der Waals surface area contributed by atoms with Gasteiger partial charge < -0.3 is 24.2 Å². The van der Waals surface area contributed by atoms with Gasteiger partial charge in [0.2, 0.25) is 11.8 Å². The normalized spacial score (nSPS) is 15.6. The molecule has 0 radical (unpaired) electrons. The van der Waals surface area contributed by atoms with E-state index < -0.39 is 5.97 Å². The first-order valence-electron chi connectivity index (χ1n) is 14.1. The number of hydrogen-bond acceptors (Lipinski definition) is 6. The molecule has 8 nitrogen and oxygen atoms in total. The number of rotatable bonds is 11. The van der Waals surface area contributed by atoms with Crippen molar-refractivity contribution in [3.05, 3.63) is 88.6 Å². The van der Waals surface area contributed by atoms with Gasteiger partial charge in [-0.2, -0.15) is 0 Å². The van der Waals surface area contributed by atoms with Gasteiger partial charge in [-0.1, -0.05) is 57.2 Å². The molecule has 1 saturated heterocycles. The average molecular weight is 573 g/mol. The van der Waals surface area contributed by atoms with Crippen LogP contribution in [0, 0.1) is 0 Å². The van der Waals surface area contributed by atoms with Gasteiger partial charge in [-0.3, -0.25) is 9.59 Å². The number of nitrogens with zero attached hydrogens (tertiary/aromatic N) is 2. The van der Waals surface area contributed by atoms with Crippen molar-refractivity contribution in [3.63, 3.8) is 0 Å². The number of methoxy groups -OCH3 is 3. The molecule has 2 heterocycles. The number of benzene rings is 2. The number of likely N-dealkylation sites (tertiary alicyclic amines) is 1. The van der Waals surface area contributed by atoms with Crippen LogP contribution in [0.1, 0.15) is 68.0 Å². The first-order valence-corrected chi connectivity index (χ1v) is 14.1. The lowest BCUT2D eigenvalue weighted by atomic mass is 9.86. The van der Waals surface area contributed by atoms with E-state index in [0.717, 1.165) is 22.3 Å². The smallest absolute Gasteiger partial charge is 0.303 e. The SMILES string of the molecule is COc1ccc(CN2C(=O)CC[C@@H]2/C=C(/c2ccc(C(C)(C)C)cc2)c2ccc(CCC(=O)O)c(OC)n2)c(OC)c1. The van der Waals surface area contributed by atoms with Gasteiger partial charge >= 0.3 is 5.97 Å². The maximum atomic E-state index is 13.1. The van der Waals surface area contributed by atoms with E-state index in [9.17, 15) is 9.59 Å². The van der Waals surface area contributed by atoms with E-state index in [1.54, 1.807) is 14.2 Å². The summed E-state index contributed by atoms with van der Waals surface area (Å²) in [7, 11) is 4.76. The van der Waals surface area contributed by atoms with E-state index in [0.29, 0.717) is 48.9 Å². The summed E-state index contributed by atoms with van der Waals surface area (Å²) in [6.07, 6.45) is 3.54. The molecule has 1 amide bonds. The van der Waals surface area contributed by atoms with Crippen LogP contribution in [0.25, 0.3) is 5.57 Å².